The molecule has 0 spiro atoms. The Balaban J connectivity index is 0.00000162. The van der Waals surface area contributed by atoms with Gasteiger partial charge in [0.05, 0.1) is 6.04 Å². The number of aliphatic carboxylic acids is 1. The van der Waals surface area contributed by atoms with Gasteiger partial charge in [-0.25, -0.2) is 0 Å². The van der Waals surface area contributed by atoms with Crippen LogP contribution in [-0.4, -0.2) is 29.6 Å². The topological polar surface area (TPSA) is 83.6 Å². The quantitative estimate of drug-likeness (QED) is 0.833. The van der Waals surface area contributed by atoms with Crippen molar-refractivity contribution in [3.8, 4) is 0 Å². The summed E-state index contributed by atoms with van der Waals surface area (Å²) < 4.78 is 0. The molecule has 1 aliphatic heterocycles. The molecule has 1 amide bonds. The molecule has 3 N–H and O–H groups in total. The molecular formula is C12H15ClN2O3. The van der Waals surface area contributed by atoms with Gasteiger partial charge in [-0.05, 0) is 24.5 Å². The first kappa shape index (κ1) is 14.5. The molecule has 1 aliphatic rings. The molecule has 1 atom stereocenters. The maximum Gasteiger partial charge on any atom is 0.323 e. The van der Waals surface area contributed by atoms with Crippen molar-refractivity contribution >= 4 is 30.0 Å². The number of halogens is 1. The number of aryl methyl sites for hydroxylation is 1. The van der Waals surface area contributed by atoms with E-state index in [0.29, 0.717) is 18.5 Å². The summed E-state index contributed by atoms with van der Waals surface area (Å²) >= 11 is 0. The molecule has 0 saturated carbocycles. The maximum absolute atomic E-state index is 12.0. The molecule has 1 aromatic carbocycles. The van der Waals surface area contributed by atoms with Gasteiger partial charge in [0.25, 0.3) is 0 Å². The molecule has 1 unspecified atom stereocenters. The molecule has 6 heteroatoms. The number of benzene rings is 1. The molecule has 0 radical (unpaired) electrons. The zero-order valence-corrected chi connectivity index (χ0v) is 10.5. The number of hydrogen-bond acceptors (Lipinski definition) is 3. The minimum atomic E-state index is -1.04. The first-order chi connectivity index (χ1) is 8.09. The predicted molar refractivity (Wildman–Crippen MR) is 70.0 cm³/mol. The molecule has 98 valence electrons. The predicted octanol–water partition coefficient (Wildman–Crippen LogP) is 0.799. The van der Waals surface area contributed by atoms with Gasteiger partial charge in [-0.15, -0.1) is 12.4 Å². The lowest BCUT2D eigenvalue weighted by Crippen LogP contribution is -2.45. The monoisotopic (exact) mass is 270 g/mol. The summed E-state index contributed by atoms with van der Waals surface area (Å²) in [5.74, 6) is -1.36. The van der Waals surface area contributed by atoms with Gasteiger partial charge >= 0.3 is 5.97 Å². The van der Waals surface area contributed by atoms with Gasteiger partial charge in [-0.3, -0.25) is 14.5 Å². The molecule has 2 rings (SSSR count). The van der Waals surface area contributed by atoms with Gasteiger partial charge in [0.2, 0.25) is 5.91 Å². The third-order valence-corrected chi connectivity index (χ3v) is 2.88. The standard InChI is InChI=1S/C12H14N2O3.ClH/c13-9-6-5-8-3-1-2-4-10(8)14(12(9)17)7-11(15)16;/h1-4,9H,5-7,13H2,(H,15,16);1H. The average Bonchev–Trinajstić information content (AvgIpc) is 2.42. The van der Waals surface area contributed by atoms with Crippen LogP contribution in [0, 0.1) is 0 Å². The number of fused-ring (bicyclic) bond motifs is 1. The number of anilines is 1. The summed E-state index contributed by atoms with van der Waals surface area (Å²) in [5, 5.41) is 8.85. The molecule has 1 aromatic rings. The minimum absolute atomic E-state index is 0. The molecule has 0 aromatic heterocycles. The number of carbonyl (C=O) groups excluding carboxylic acids is 1. The van der Waals surface area contributed by atoms with Crippen molar-refractivity contribution in [2.75, 3.05) is 11.4 Å². The first-order valence-corrected chi connectivity index (χ1v) is 5.46. The van der Waals surface area contributed by atoms with Crippen molar-refractivity contribution in [2.24, 2.45) is 5.73 Å². The maximum atomic E-state index is 12.0. The van der Waals surface area contributed by atoms with E-state index in [1.807, 2.05) is 12.1 Å². The van der Waals surface area contributed by atoms with E-state index in [1.165, 1.54) is 4.90 Å². The van der Waals surface area contributed by atoms with Crippen LogP contribution in [0.15, 0.2) is 24.3 Å². The summed E-state index contributed by atoms with van der Waals surface area (Å²) in [4.78, 5) is 24.0. The van der Waals surface area contributed by atoms with E-state index in [4.69, 9.17) is 10.8 Å². The second-order valence-corrected chi connectivity index (χ2v) is 4.09. The van der Waals surface area contributed by atoms with E-state index in [9.17, 15) is 9.59 Å². The van der Waals surface area contributed by atoms with Crippen LogP contribution in [0.25, 0.3) is 0 Å². The van der Waals surface area contributed by atoms with E-state index in [2.05, 4.69) is 0 Å². The fourth-order valence-electron chi connectivity index (χ4n) is 2.04. The van der Waals surface area contributed by atoms with Crippen LogP contribution in [-0.2, 0) is 16.0 Å². The number of hydrogen-bond donors (Lipinski definition) is 2. The highest BCUT2D eigenvalue weighted by Crippen LogP contribution is 2.26. The lowest BCUT2D eigenvalue weighted by Gasteiger charge is -2.22. The Kier molecular flexibility index (Phi) is 4.69. The van der Waals surface area contributed by atoms with Crippen LogP contribution in [0.3, 0.4) is 0 Å². The molecule has 0 saturated heterocycles. The van der Waals surface area contributed by atoms with Crippen LogP contribution in [0.2, 0.25) is 0 Å². The lowest BCUT2D eigenvalue weighted by molar-refractivity contribution is -0.136. The molecular weight excluding hydrogens is 256 g/mol. The average molecular weight is 271 g/mol. The van der Waals surface area contributed by atoms with Gasteiger partial charge in [-0.1, -0.05) is 18.2 Å². The Morgan fingerprint density at radius 3 is 2.78 bits per heavy atom. The highest BCUT2D eigenvalue weighted by Gasteiger charge is 2.28. The third-order valence-electron chi connectivity index (χ3n) is 2.88. The number of carbonyl (C=O) groups is 2. The fraction of sp³-hybridized carbons (Fsp3) is 0.333. The van der Waals surface area contributed by atoms with Gasteiger partial charge in [0, 0.05) is 5.69 Å². The van der Waals surface area contributed by atoms with E-state index in [1.54, 1.807) is 12.1 Å². The van der Waals surface area contributed by atoms with Crippen LogP contribution in [0.1, 0.15) is 12.0 Å². The Morgan fingerprint density at radius 2 is 2.11 bits per heavy atom. The molecule has 0 fully saturated rings. The summed E-state index contributed by atoms with van der Waals surface area (Å²) in [6, 6.07) is 6.70. The van der Waals surface area contributed by atoms with Crippen molar-refractivity contribution in [3.63, 3.8) is 0 Å². The van der Waals surface area contributed by atoms with Crippen molar-refractivity contribution in [3.05, 3.63) is 29.8 Å². The number of nitrogens with zero attached hydrogens (tertiary/aromatic N) is 1. The zero-order chi connectivity index (χ0) is 12.4. The Hall–Kier alpha value is -1.59. The Labute approximate surface area is 111 Å². The molecule has 0 bridgehead atoms. The Bertz CT molecular complexity index is 464. The molecule has 5 nitrogen and oxygen atoms in total. The minimum Gasteiger partial charge on any atom is -0.480 e. The fourth-order valence-corrected chi connectivity index (χ4v) is 2.04. The second kappa shape index (κ2) is 5.84. The second-order valence-electron chi connectivity index (χ2n) is 4.09. The third kappa shape index (κ3) is 2.80. The van der Waals surface area contributed by atoms with Gasteiger partial charge in [0.15, 0.2) is 0 Å². The van der Waals surface area contributed by atoms with E-state index in [-0.39, 0.29) is 24.9 Å². The highest BCUT2D eigenvalue weighted by atomic mass is 35.5. The molecule has 1 heterocycles. The van der Waals surface area contributed by atoms with Crippen LogP contribution in [0.5, 0.6) is 0 Å². The van der Waals surface area contributed by atoms with Gasteiger partial charge in [0.1, 0.15) is 6.54 Å². The van der Waals surface area contributed by atoms with Crippen LogP contribution < -0.4 is 10.6 Å². The van der Waals surface area contributed by atoms with Crippen molar-refractivity contribution in [1.82, 2.24) is 0 Å². The van der Waals surface area contributed by atoms with Crippen molar-refractivity contribution in [1.29, 1.82) is 0 Å². The zero-order valence-electron chi connectivity index (χ0n) is 9.70. The van der Waals surface area contributed by atoms with Crippen LogP contribution in [0.4, 0.5) is 5.69 Å². The first-order valence-electron chi connectivity index (χ1n) is 5.46. The van der Waals surface area contributed by atoms with E-state index >= 15 is 0 Å². The van der Waals surface area contributed by atoms with Crippen molar-refractivity contribution < 1.29 is 14.7 Å². The number of nitrogens with two attached hydrogens (primary N) is 1. The smallest absolute Gasteiger partial charge is 0.323 e. The normalized spacial score (nSPS) is 18.6. The van der Waals surface area contributed by atoms with Crippen molar-refractivity contribution in [2.45, 2.75) is 18.9 Å². The van der Waals surface area contributed by atoms with Gasteiger partial charge < -0.3 is 10.8 Å². The summed E-state index contributed by atoms with van der Waals surface area (Å²) in [6.45, 7) is -0.344. The van der Waals surface area contributed by atoms with E-state index < -0.39 is 12.0 Å². The van der Waals surface area contributed by atoms with Gasteiger partial charge in [-0.2, -0.15) is 0 Å². The summed E-state index contributed by atoms with van der Waals surface area (Å²) in [7, 11) is 0. The number of carboxylic acid groups (broad SMARTS) is 1. The highest BCUT2D eigenvalue weighted by molar-refractivity contribution is 6.01. The number of amides is 1. The van der Waals surface area contributed by atoms with E-state index in [0.717, 1.165) is 5.56 Å². The lowest BCUT2D eigenvalue weighted by atomic mass is 10.1. The van der Waals surface area contributed by atoms with Crippen LogP contribution >= 0.6 is 12.4 Å². The summed E-state index contributed by atoms with van der Waals surface area (Å²) in [5.41, 5.74) is 7.37. The Morgan fingerprint density at radius 1 is 1.44 bits per heavy atom. The number of para-hydroxylation sites is 1. The molecule has 0 aliphatic carbocycles. The summed E-state index contributed by atoms with van der Waals surface area (Å²) in [6.07, 6.45) is 1.24. The SMILES string of the molecule is Cl.NC1CCc2ccccc2N(CC(=O)O)C1=O. The largest absolute Gasteiger partial charge is 0.480 e. The number of carboxylic acids is 1. The number of rotatable bonds is 2. The molecule has 18 heavy (non-hydrogen) atoms.